The van der Waals surface area contributed by atoms with Gasteiger partial charge in [-0.25, -0.2) is 0 Å². The van der Waals surface area contributed by atoms with Crippen LogP contribution in [0, 0.1) is 10.8 Å². The first-order chi connectivity index (χ1) is 9.41. The third-order valence-electron chi connectivity index (χ3n) is 5.62. The van der Waals surface area contributed by atoms with Gasteiger partial charge in [0.25, 0.3) is 0 Å². The fourth-order valence-corrected chi connectivity index (χ4v) is 5.06. The smallest absolute Gasteiger partial charge is 0.0887 e. The minimum Gasteiger partial charge on any atom is -0.327 e. The highest BCUT2D eigenvalue weighted by atomic mass is 35.5. The summed E-state index contributed by atoms with van der Waals surface area (Å²) in [5, 5.41) is 0.809. The number of piperidine rings is 2. The van der Waals surface area contributed by atoms with Crippen LogP contribution in [0.25, 0.3) is 0 Å². The maximum Gasteiger partial charge on any atom is 0.0887 e. The van der Waals surface area contributed by atoms with Crippen LogP contribution >= 0.6 is 11.6 Å². The molecule has 1 aromatic rings. The second-order valence-corrected chi connectivity index (χ2v) is 7.96. The Labute approximate surface area is 125 Å². The first-order valence-electron chi connectivity index (χ1n) is 7.41. The summed E-state index contributed by atoms with van der Waals surface area (Å²) in [5.41, 5.74) is 8.38. The van der Waals surface area contributed by atoms with E-state index in [0.717, 1.165) is 31.2 Å². The fourth-order valence-electron chi connectivity index (χ4n) is 4.94. The average molecular weight is 292 g/mol. The lowest BCUT2D eigenvalue weighted by molar-refractivity contribution is -0.205. The predicted octanol–water partition coefficient (Wildman–Crippen LogP) is 2.32. The van der Waals surface area contributed by atoms with E-state index >= 15 is 0 Å². The van der Waals surface area contributed by atoms with E-state index in [4.69, 9.17) is 17.3 Å². The van der Waals surface area contributed by atoms with Crippen LogP contribution in [0.3, 0.4) is 0 Å². The number of nitrogens with zero attached hydrogens (tertiary/aromatic N) is 2. The summed E-state index contributed by atoms with van der Waals surface area (Å²) < 4.78 is 0. The second-order valence-electron chi connectivity index (χ2n) is 7.52. The minimum absolute atomic E-state index is 0.230. The molecule has 4 saturated heterocycles. The Morgan fingerprint density at radius 2 is 1.45 bits per heavy atom. The molecule has 4 heteroatoms. The van der Waals surface area contributed by atoms with Gasteiger partial charge in [0.05, 0.1) is 6.17 Å². The van der Waals surface area contributed by atoms with Gasteiger partial charge in [-0.2, -0.15) is 0 Å². The molecule has 0 spiro atoms. The fraction of sp³-hybridized carbons (Fsp3) is 0.625. The van der Waals surface area contributed by atoms with Crippen LogP contribution in [0.5, 0.6) is 0 Å². The summed E-state index contributed by atoms with van der Waals surface area (Å²) in [6, 6.07) is 8.65. The molecule has 4 aliphatic rings. The molecule has 0 atom stereocenters. The van der Waals surface area contributed by atoms with Gasteiger partial charge in [0.15, 0.2) is 0 Å². The highest BCUT2D eigenvalue weighted by Gasteiger charge is 2.60. The summed E-state index contributed by atoms with van der Waals surface area (Å²) in [6.07, 6.45) is 0.404. The van der Waals surface area contributed by atoms with Gasteiger partial charge in [0.1, 0.15) is 0 Å². The molecule has 2 N–H and O–H groups in total. The van der Waals surface area contributed by atoms with Crippen LogP contribution in [-0.4, -0.2) is 42.0 Å². The largest absolute Gasteiger partial charge is 0.327 e. The molecule has 4 aliphatic heterocycles. The third kappa shape index (κ3) is 1.64. The zero-order valence-corrected chi connectivity index (χ0v) is 12.9. The van der Waals surface area contributed by atoms with Gasteiger partial charge in [0, 0.05) is 48.1 Å². The van der Waals surface area contributed by atoms with E-state index < -0.39 is 0 Å². The van der Waals surface area contributed by atoms with Crippen molar-refractivity contribution in [2.45, 2.75) is 26.1 Å². The van der Waals surface area contributed by atoms with Gasteiger partial charge in [-0.1, -0.05) is 37.6 Å². The second kappa shape index (κ2) is 3.98. The third-order valence-corrected chi connectivity index (χ3v) is 5.87. The number of benzene rings is 1. The molecule has 4 heterocycles. The summed E-state index contributed by atoms with van der Waals surface area (Å²) >= 11 is 6.02. The summed E-state index contributed by atoms with van der Waals surface area (Å²) in [7, 11) is 0. The van der Waals surface area contributed by atoms with Crippen molar-refractivity contribution in [3.8, 4) is 0 Å². The molecular formula is C16H22ClN3. The Balaban J connectivity index is 1.72. The highest BCUT2D eigenvalue weighted by molar-refractivity contribution is 6.30. The quantitative estimate of drug-likeness (QED) is 0.862. The normalized spacial score (nSPS) is 49.6. The van der Waals surface area contributed by atoms with Crippen LogP contribution in [0.2, 0.25) is 5.02 Å². The Kier molecular flexibility index (Phi) is 2.60. The molecule has 0 radical (unpaired) electrons. The number of hydrogen-bond donors (Lipinski definition) is 1. The molecule has 0 aliphatic carbocycles. The van der Waals surface area contributed by atoms with Crippen molar-refractivity contribution in [1.29, 1.82) is 0 Å². The number of halogens is 1. The standard InChI is InChI=1S/C16H22ClN3/c1-15-7-19-9-16(2,14(15)18)10-20(8-15)13(19)11-3-5-12(17)6-4-11/h3-6,13-14H,7-10,18H2,1-2H3. The van der Waals surface area contributed by atoms with E-state index in [-0.39, 0.29) is 10.8 Å². The van der Waals surface area contributed by atoms with Gasteiger partial charge in [-0.3, -0.25) is 9.80 Å². The zero-order chi connectivity index (χ0) is 14.1. The van der Waals surface area contributed by atoms with Crippen LogP contribution in [0.15, 0.2) is 24.3 Å². The molecule has 20 heavy (non-hydrogen) atoms. The van der Waals surface area contributed by atoms with E-state index in [1.54, 1.807) is 0 Å². The van der Waals surface area contributed by atoms with Crippen molar-refractivity contribution in [2.75, 3.05) is 26.2 Å². The van der Waals surface area contributed by atoms with Gasteiger partial charge >= 0.3 is 0 Å². The van der Waals surface area contributed by atoms with Crippen molar-refractivity contribution in [3.63, 3.8) is 0 Å². The SMILES string of the molecule is CC12CN3CC(C)(CN(C1)C3c1ccc(Cl)cc1)C2N. The maximum atomic E-state index is 6.57. The minimum atomic E-state index is 0.230. The molecule has 5 rings (SSSR count). The summed E-state index contributed by atoms with van der Waals surface area (Å²) in [6.45, 7) is 9.13. The topological polar surface area (TPSA) is 32.5 Å². The monoisotopic (exact) mass is 291 g/mol. The van der Waals surface area contributed by atoms with E-state index in [0.29, 0.717) is 12.2 Å². The Bertz CT molecular complexity index is 503. The van der Waals surface area contributed by atoms with Crippen molar-refractivity contribution in [1.82, 2.24) is 9.80 Å². The molecule has 3 nitrogen and oxygen atoms in total. The van der Waals surface area contributed by atoms with Crippen molar-refractivity contribution >= 4 is 11.6 Å². The number of rotatable bonds is 1. The van der Waals surface area contributed by atoms with Gasteiger partial charge in [-0.15, -0.1) is 0 Å². The summed E-state index contributed by atoms with van der Waals surface area (Å²) in [5.74, 6) is 0. The van der Waals surface area contributed by atoms with Crippen molar-refractivity contribution in [2.24, 2.45) is 16.6 Å². The van der Waals surface area contributed by atoms with Gasteiger partial charge in [0.2, 0.25) is 0 Å². The van der Waals surface area contributed by atoms with Crippen LogP contribution in [0.4, 0.5) is 0 Å². The highest BCUT2D eigenvalue weighted by Crippen LogP contribution is 2.53. The molecule has 0 amide bonds. The molecule has 4 bridgehead atoms. The van der Waals surface area contributed by atoms with Gasteiger partial charge in [-0.05, 0) is 17.7 Å². The van der Waals surface area contributed by atoms with Crippen molar-refractivity contribution in [3.05, 3.63) is 34.9 Å². The lowest BCUT2D eigenvalue weighted by Crippen LogP contribution is -2.78. The lowest BCUT2D eigenvalue weighted by Gasteiger charge is -2.68. The molecule has 0 unspecified atom stereocenters. The van der Waals surface area contributed by atoms with E-state index in [9.17, 15) is 0 Å². The molecule has 0 saturated carbocycles. The summed E-state index contributed by atoms with van der Waals surface area (Å²) in [4.78, 5) is 5.22. The Hall–Kier alpha value is -0.610. The first-order valence-corrected chi connectivity index (χ1v) is 7.78. The molecule has 4 fully saturated rings. The molecule has 1 aromatic carbocycles. The Morgan fingerprint density at radius 3 is 1.90 bits per heavy atom. The van der Waals surface area contributed by atoms with Crippen molar-refractivity contribution < 1.29 is 0 Å². The van der Waals surface area contributed by atoms with Gasteiger partial charge < -0.3 is 5.73 Å². The van der Waals surface area contributed by atoms with E-state index in [1.165, 1.54) is 5.56 Å². The molecular weight excluding hydrogens is 270 g/mol. The van der Waals surface area contributed by atoms with E-state index in [1.807, 2.05) is 12.1 Å². The predicted molar refractivity (Wildman–Crippen MR) is 81.5 cm³/mol. The zero-order valence-electron chi connectivity index (χ0n) is 12.1. The van der Waals surface area contributed by atoms with Crippen LogP contribution in [0.1, 0.15) is 25.6 Å². The van der Waals surface area contributed by atoms with Crippen LogP contribution < -0.4 is 5.73 Å². The molecule has 108 valence electrons. The Morgan fingerprint density at radius 1 is 1.00 bits per heavy atom. The number of nitrogens with two attached hydrogens (primary N) is 1. The number of hydrogen-bond acceptors (Lipinski definition) is 3. The first kappa shape index (κ1) is 13.1. The maximum absolute atomic E-state index is 6.57. The van der Waals surface area contributed by atoms with E-state index in [2.05, 4.69) is 35.8 Å². The lowest BCUT2D eigenvalue weighted by atomic mass is 9.59. The molecule has 0 aromatic heterocycles. The average Bonchev–Trinajstić information content (AvgIpc) is 2.36. The van der Waals surface area contributed by atoms with Crippen LogP contribution in [-0.2, 0) is 0 Å².